The second-order valence-electron chi connectivity index (χ2n) is 9.19. The average molecular weight is 598 g/mol. The molecule has 3 aliphatic heterocycles. The summed E-state index contributed by atoms with van der Waals surface area (Å²) in [4.78, 5) is 45.0. The molecule has 3 aromatic rings. The standard InChI is InChI=1S/C28H19BrCl2N2O4/c1-37-21-7-6-15(10-20(21)29)26(34)25-23-22(24-19-5-3-2-4-14(19)8-9-32(24)25)27(35)33(28(23)36)18-12-16(30)11-17(31)13-18/h2-13,22-25H,1H3/t22-,23-,24-,25+/m1/s1. The third-order valence-corrected chi connectivity index (χ3v) is 8.33. The molecular weight excluding hydrogens is 579 g/mol. The number of carbonyl (C=O) groups excluding carboxylic acids is 3. The molecule has 6 nitrogen and oxygen atoms in total. The number of amides is 2. The van der Waals surface area contributed by atoms with Gasteiger partial charge in [-0.3, -0.25) is 14.4 Å². The van der Waals surface area contributed by atoms with Crippen molar-refractivity contribution in [2.45, 2.75) is 12.1 Å². The zero-order valence-electron chi connectivity index (χ0n) is 19.4. The van der Waals surface area contributed by atoms with Gasteiger partial charge in [0.1, 0.15) is 11.8 Å². The fraction of sp³-hybridized carbons (Fsp3) is 0.179. The van der Waals surface area contributed by atoms with Crippen LogP contribution in [0.5, 0.6) is 5.75 Å². The summed E-state index contributed by atoms with van der Waals surface area (Å²) in [6, 6.07) is 16.0. The van der Waals surface area contributed by atoms with Crippen LogP contribution in [0.25, 0.3) is 6.08 Å². The number of fused-ring (bicyclic) bond motifs is 5. The molecule has 0 bridgehead atoms. The largest absolute Gasteiger partial charge is 0.496 e. The lowest BCUT2D eigenvalue weighted by Gasteiger charge is -2.35. The van der Waals surface area contributed by atoms with Crippen LogP contribution in [0.3, 0.4) is 0 Å². The van der Waals surface area contributed by atoms with E-state index in [9.17, 15) is 14.4 Å². The normalized spacial score (nSPS) is 23.7. The molecule has 37 heavy (non-hydrogen) atoms. The highest BCUT2D eigenvalue weighted by Crippen LogP contribution is 2.54. The molecule has 0 unspecified atom stereocenters. The van der Waals surface area contributed by atoms with Crippen molar-refractivity contribution in [3.8, 4) is 5.75 Å². The Morgan fingerprint density at radius 1 is 0.946 bits per heavy atom. The Kier molecular flexibility index (Phi) is 5.90. The van der Waals surface area contributed by atoms with E-state index in [2.05, 4.69) is 15.9 Å². The van der Waals surface area contributed by atoms with Crippen LogP contribution in [0.15, 0.2) is 71.3 Å². The minimum absolute atomic E-state index is 0.253. The minimum Gasteiger partial charge on any atom is -0.496 e. The van der Waals surface area contributed by atoms with E-state index in [1.54, 1.807) is 25.3 Å². The fourth-order valence-corrected chi connectivity index (χ4v) is 6.83. The van der Waals surface area contributed by atoms with E-state index in [1.807, 2.05) is 41.4 Å². The van der Waals surface area contributed by atoms with E-state index in [-0.39, 0.29) is 11.7 Å². The van der Waals surface area contributed by atoms with Gasteiger partial charge >= 0.3 is 0 Å². The molecule has 2 amide bonds. The molecule has 186 valence electrons. The van der Waals surface area contributed by atoms with Gasteiger partial charge in [0.2, 0.25) is 11.8 Å². The SMILES string of the molecule is COc1ccc(C(=O)[C@@H]2[C@@H]3C(=O)N(c4cc(Cl)cc(Cl)c4)C(=O)[C@H]3[C@H]3c4ccccc4C=CN23)cc1Br. The lowest BCUT2D eigenvalue weighted by atomic mass is 9.83. The Labute approximate surface area is 231 Å². The number of carbonyl (C=O) groups is 3. The summed E-state index contributed by atoms with van der Waals surface area (Å²) in [6.45, 7) is 0. The number of halogens is 3. The van der Waals surface area contributed by atoms with E-state index in [0.29, 0.717) is 31.5 Å². The first-order chi connectivity index (χ1) is 17.8. The zero-order valence-corrected chi connectivity index (χ0v) is 22.5. The predicted molar refractivity (Wildman–Crippen MR) is 145 cm³/mol. The van der Waals surface area contributed by atoms with Crippen LogP contribution >= 0.6 is 39.1 Å². The second kappa shape index (κ2) is 9.01. The van der Waals surface area contributed by atoms with Crippen molar-refractivity contribution in [1.82, 2.24) is 4.90 Å². The number of rotatable bonds is 4. The van der Waals surface area contributed by atoms with E-state index >= 15 is 0 Å². The quantitative estimate of drug-likeness (QED) is 0.266. The predicted octanol–water partition coefficient (Wildman–Crippen LogP) is 6.16. The summed E-state index contributed by atoms with van der Waals surface area (Å²) in [5, 5.41) is 0.617. The molecule has 2 fully saturated rings. The van der Waals surface area contributed by atoms with Crippen LogP contribution in [0, 0.1) is 11.8 Å². The highest BCUT2D eigenvalue weighted by molar-refractivity contribution is 9.10. The Balaban J connectivity index is 1.49. The lowest BCUT2D eigenvalue weighted by molar-refractivity contribution is -0.123. The van der Waals surface area contributed by atoms with Crippen molar-refractivity contribution in [2.24, 2.45) is 11.8 Å². The van der Waals surface area contributed by atoms with Gasteiger partial charge in [0.05, 0.1) is 35.1 Å². The number of ether oxygens (including phenoxy) is 1. The van der Waals surface area contributed by atoms with E-state index in [0.717, 1.165) is 16.0 Å². The van der Waals surface area contributed by atoms with Crippen molar-refractivity contribution in [2.75, 3.05) is 12.0 Å². The van der Waals surface area contributed by atoms with Crippen LogP contribution in [-0.4, -0.2) is 35.6 Å². The van der Waals surface area contributed by atoms with Gasteiger partial charge in [-0.15, -0.1) is 0 Å². The van der Waals surface area contributed by atoms with Gasteiger partial charge in [0.15, 0.2) is 5.78 Å². The maximum Gasteiger partial charge on any atom is 0.240 e. The van der Waals surface area contributed by atoms with Crippen LogP contribution in [0.4, 0.5) is 5.69 Å². The number of Topliss-reactive ketones (excluding diaryl/α,β-unsaturated/α-hetero) is 1. The van der Waals surface area contributed by atoms with Gasteiger partial charge in [0, 0.05) is 21.8 Å². The van der Waals surface area contributed by atoms with Crippen LogP contribution in [0.1, 0.15) is 27.5 Å². The van der Waals surface area contributed by atoms with Gasteiger partial charge in [-0.2, -0.15) is 0 Å². The van der Waals surface area contributed by atoms with Crippen molar-refractivity contribution in [1.29, 1.82) is 0 Å². The molecule has 2 saturated heterocycles. The van der Waals surface area contributed by atoms with E-state index in [4.69, 9.17) is 27.9 Å². The minimum atomic E-state index is -0.889. The maximum absolute atomic E-state index is 14.1. The smallest absolute Gasteiger partial charge is 0.240 e. The molecule has 4 atom stereocenters. The first-order valence-electron chi connectivity index (χ1n) is 11.6. The van der Waals surface area contributed by atoms with Crippen molar-refractivity contribution in [3.63, 3.8) is 0 Å². The average Bonchev–Trinajstić information content (AvgIpc) is 3.35. The van der Waals surface area contributed by atoms with Crippen LogP contribution in [0.2, 0.25) is 10.0 Å². The third kappa shape index (κ3) is 3.71. The zero-order chi connectivity index (χ0) is 26.0. The molecule has 0 aliphatic carbocycles. The number of benzene rings is 3. The van der Waals surface area contributed by atoms with Gasteiger partial charge in [-0.1, -0.05) is 47.5 Å². The third-order valence-electron chi connectivity index (χ3n) is 7.27. The summed E-state index contributed by atoms with van der Waals surface area (Å²) in [5.74, 6) is -2.13. The summed E-state index contributed by atoms with van der Waals surface area (Å²) >= 11 is 15.8. The molecule has 3 aromatic carbocycles. The Hall–Kier alpha value is -3.13. The van der Waals surface area contributed by atoms with Crippen LogP contribution < -0.4 is 9.64 Å². The molecule has 0 radical (unpaired) electrons. The number of methoxy groups -OCH3 is 1. The van der Waals surface area contributed by atoms with Crippen molar-refractivity contribution >= 4 is 68.5 Å². The fourth-order valence-electron chi connectivity index (χ4n) is 5.77. The molecule has 3 heterocycles. The van der Waals surface area contributed by atoms with Crippen molar-refractivity contribution < 1.29 is 19.1 Å². The summed E-state index contributed by atoms with van der Waals surface area (Å²) in [7, 11) is 1.54. The number of anilines is 1. The van der Waals surface area contributed by atoms with Crippen molar-refractivity contribution in [3.05, 3.63) is 98.1 Å². The molecule has 3 aliphatic rings. The van der Waals surface area contributed by atoms with Gasteiger partial charge < -0.3 is 9.64 Å². The van der Waals surface area contributed by atoms with Gasteiger partial charge in [-0.25, -0.2) is 4.90 Å². The summed E-state index contributed by atoms with van der Waals surface area (Å²) < 4.78 is 5.93. The molecule has 9 heteroatoms. The number of nitrogens with zero attached hydrogens (tertiary/aromatic N) is 2. The highest BCUT2D eigenvalue weighted by atomic mass is 79.9. The van der Waals surface area contributed by atoms with E-state index in [1.165, 1.54) is 18.2 Å². The molecule has 0 spiro atoms. The highest BCUT2D eigenvalue weighted by Gasteiger charge is 2.64. The monoisotopic (exact) mass is 596 g/mol. The molecule has 0 saturated carbocycles. The summed E-state index contributed by atoms with van der Waals surface area (Å²) in [6.07, 6.45) is 3.74. The number of hydrogen-bond donors (Lipinski definition) is 0. The first-order valence-corrected chi connectivity index (χ1v) is 13.1. The molecular formula is C28H19BrCl2N2O4. The van der Waals surface area contributed by atoms with Gasteiger partial charge in [0.25, 0.3) is 0 Å². The number of hydrogen-bond acceptors (Lipinski definition) is 5. The lowest BCUT2D eigenvalue weighted by Crippen LogP contribution is -2.44. The Bertz CT molecular complexity index is 1500. The van der Waals surface area contributed by atoms with E-state index < -0.39 is 29.8 Å². The first kappa shape index (κ1) is 24.2. The molecule has 6 rings (SSSR count). The maximum atomic E-state index is 14.1. The summed E-state index contributed by atoms with van der Waals surface area (Å²) in [5.41, 5.74) is 2.56. The topological polar surface area (TPSA) is 66.9 Å². The molecule has 0 aromatic heterocycles. The number of ketones is 1. The van der Waals surface area contributed by atoms with Gasteiger partial charge in [-0.05, 0) is 69.5 Å². The van der Waals surface area contributed by atoms with Crippen LogP contribution in [-0.2, 0) is 9.59 Å². The molecule has 0 N–H and O–H groups in total. The number of imide groups is 1. The Morgan fingerprint density at radius 3 is 2.35 bits per heavy atom. The Morgan fingerprint density at radius 2 is 1.65 bits per heavy atom. The second-order valence-corrected chi connectivity index (χ2v) is 10.9.